The maximum atomic E-state index is 11.7. The first-order chi connectivity index (χ1) is 8.54. The van der Waals surface area contributed by atoms with E-state index in [0.29, 0.717) is 12.1 Å². The number of hydrogen-bond donors (Lipinski definition) is 2. The average molecular weight is 251 g/mol. The summed E-state index contributed by atoms with van der Waals surface area (Å²) in [6, 6.07) is 7.15. The summed E-state index contributed by atoms with van der Waals surface area (Å²) in [5.74, 6) is -1.11. The van der Waals surface area contributed by atoms with Gasteiger partial charge in [0.25, 0.3) is 5.91 Å². The molecule has 0 aromatic heterocycles. The van der Waals surface area contributed by atoms with Gasteiger partial charge in [0.2, 0.25) is 0 Å². The molecule has 5 heteroatoms. The Balaban J connectivity index is 2.75. The van der Waals surface area contributed by atoms with E-state index in [-0.39, 0.29) is 12.3 Å². The number of nitrogens with one attached hydrogen (secondary N) is 1. The van der Waals surface area contributed by atoms with Crippen LogP contribution in [-0.2, 0) is 20.7 Å². The lowest BCUT2D eigenvalue weighted by molar-refractivity contribution is -0.137. The van der Waals surface area contributed by atoms with E-state index in [2.05, 4.69) is 5.32 Å². The first-order valence-electron chi connectivity index (χ1n) is 5.68. The Kier molecular flexibility index (Phi) is 5.32. The SMILES string of the molecule is COC(C)C(=O)Nc1ccccc1CCC(=O)O. The highest BCUT2D eigenvalue weighted by Crippen LogP contribution is 2.17. The number of benzene rings is 1. The summed E-state index contributed by atoms with van der Waals surface area (Å²) in [4.78, 5) is 22.2. The molecule has 1 atom stereocenters. The van der Waals surface area contributed by atoms with Gasteiger partial charge in [-0.1, -0.05) is 18.2 Å². The number of para-hydroxylation sites is 1. The van der Waals surface area contributed by atoms with Gasteiger partial charge in [0.15, 0.2) is 0 Å². The molecule has 1 amide bonds. The third-order valence-electron chi connectivity index (χ3n) is 2.61. The molecule has 0 fully saturated rings. The molecule has 1 rings (SSSR count). The second-order valence-corrected chi connectivity index (χ2v) is 3.92. The number of methoxy groups -OCH3 is 1. The Hall–Kier alpha value is -1.88. The van der Waals surface area contributed by atoms with Crippen LogP contribution >= 0.6 is 0 Å². The Morgan fingerprint density at radius 3 is 2.67 bits per heavy atom. The zero-order valence-corrected chi connectivity index (χ0v) is 10.5. The van der Waals surface area contributed by atoms with Crippen LogP contribution in [0.25, 0.3) is 0 Å². The van der Waals surface area contributed by atoms with E-state index in [9.17, 15) is 9.59 Å². The number of anilines is 1. The maximum absolute atomic E-state index is 11.7. The van der Waals surface area contributed by atoms with Crippen LogP contribution in [0.4, 0.5) is 5.69 Å². The summed E-state index contributed by atoms with van der Waals surface area (Å²) in [5.41, 5.74) is 1.43. The van der Waals surface area contributed by atoms with E-state index in [1.165, 1.54) is 7.11 Å². The van der Waals surface area contributed by atoms with Crippen molar-refractivity contribution in [3.63, 3.8) is 0 Å². The number of carbonyl (C=O) groups is 2. The number of aliphatic carboxylic acids is 1. The fourth-order valence-electron chi connectivity index (χ4n) is 1.44. The molecule has 98 valence electrons. The van der Waals surface area contributed by atoms with E-state index in [0.717, 1.165) is 5.56 Å². The van der Waals surface area contributed by atoms with E-state index >= 15 is 0 Å². The molecule has 5 nitrogen and oxygen atoms in total. The van der Waals surface area contributed by atoms with Crippen LogP contribution in [0.15, 0.2) is 24.3 Å². The maximum Gasteiger partial charge on any atom is 0.303 e. The molecule has 0 bridgehead atoms. The fourth-order valence-corrected chi connectivity index (χ4v) is 1.44. The Labute approximate surface area is 106 Å². The number of carbonyl (C=O) groups excluding carboxylic acids is 1. The van der Waals surface area contributed by atoms with Gasteiger partial charge in [-0.25, -0.2) is 0 Å². The van der Waals surface area contributed by atoms with Crippen molar-refractivity contribution in [2.75, 3.05) is 12.4 Å². The van der Waals surface area contributed by atoms with Crippen molar-refractivity contribution in [3.8, 4) is 0 Å². The highest BCUT2D eigenvalue weighted by molar-refractivity contribution is 5.94. The van der Waals surface area contributed by atoms with Crippen LogP contribution in [0, 0.1) is 0 Å². The number of aryl methyl sites for hydroxylation is 1. The van der Waals surface area contributed by atoms with Gasteiger partial charge in [-0.3, -0.25) is 9.59 Å². The van der Waals surface area contributed by atoms with Crippen molar-refractivity contribution >= 4 is 17.6 Å². The molecule has 18 heavy (non-hydrogen) atoms. The number of hydrogen-bond acceptors (Lipinski definition) is 3. The van der Waals surface area contributed by atoms with E-state index in [1.807, 2.05) is 6.07 Å². The number of carboxylic acids is 1. The van der Waals surface area contributed by atoms with Gasteiger partial charge >= 0.3 is 5.97 Å². The molecule has 0 saturated heterocycles. The van der Waals surface area contributed by atoms with Crippen molar-refractivity contribution in [2.45, 2.75) is 25.9 Å². The molecule has 0 aliphatic carbocycles. The molecule has 2 N–H and O–H groups in total. The van der Waals surface area contributed by atoms with Gasteiger partial charge in [0.05, 0.1) is 0 Å². The molecule has 1 unspecified atom stereocenters. The molecule has 0 aliphatic rings. The quantitative estimate of drug-likeness (QED) is 0.806. The van der Waals surface area contributed by atoms with Gasteiger partial charge in [-0.2, -0.15) is 0 Å². The molecular weight excluding hydrogens is 234 g/mol. The minimum absolute atomic E-state index is 0.0344. The monoisotopic (exact) mass is 251 g/mol. The molecule has 0 heterocycles. The average Bonchev–Trinajstić information content (AvgIpc) is 2.36. The van der Waals surface area contributed by atoms with Crippen LogP contribution in [0.3, 0.4) is 0 Å². The largest absolute Gasteiger partial charge is 0.481 e. The number of rotatable bonds is 6. The standard InChI is InChI=1S/C13H17NO4/c1-9(18-2)13(17)14-11-6-4-3-5-10(11)7-8-12(15)16/h3-6,9H,7-8H2,1-2H3,(H,14,17)(H,15,16). The van der Waals surface area contributed by atoms with Gasteiger partial charge in [0.1, 0.15) is 6.10 Å². The fraction of sp³-hybridized carbons (Fsp3) is 0.385. The second kappa shape index (κ2) is 6.76. The number of carboxylic acid groups (broad SMARTS) is 1. The van der Waals surface area contributed by atoms with Gasteiger partial charge in [-0.15, -0.1) is 0 Å². The lowest BCUT2D eigenvalue weighted by Gasteiger charge is -2.13. The first kappa shape index (κ1) is 14.2. The van der Waals surface area contributed by atoms with Crippen molar-refractivity contribution in [2.24, 2.45) is 0 Å². The third kappa shape index (κ3) is 4.18. The van der Waals surface area contributed by atoms with Crippen molar-refractivity contribution in [3.05, 3.63) is 29.8 Å². The topological polar surface area (TPSA) is 75.6 Å². The van der Waals surface area contributed by atoms with Crippen molar-refractivity contribution in [1.82, 2.24) is 0 Å². The van der Waals surface area contributed by atoms with Crippen LogP contribution < -0.4 is 5.32 Å². The molecule has 0 spiro atoms. The van der Waals surface area contributed by atoms with Crippen LogP contribution in [-0.4, -0.2) is 30.2 Å². The smallest absolute Gasteiger partial charge is 0.303 e. The van der Waals surface area contributed by atoms with Crippen LogP contribution in [0.2, 0.25) is 0 Å². The van der Waals surface area contributed by atoms with Gasteiger partial charge in [-0.05, 0) is 25.0 Å². The molecule has 0 aliphatic heterocycles. The van der Waals surface area contributed by atoms with E-state index in [4.69, 9.17) is 9.84 Å². The third-order valence-corrected chi connectivity index (χ3v) is 2.61. The summed E-state index contributed by atoms with van der Waals surface area (Å²) in [7, 11) is 1.46. The molecule has 0 saturated carbocycles. The molecule has 1 aromatic carbocycles. The van der Waals surface area contributed by atoms with Crippen LogP contribution in [0.1, 0.15) is 18.9 Å². The number of ether oxygens (including phenoxy) is 1. The minimum Gasteiger partial charge on any atom is -0.481 e. The molecular formula is C13H17NO4. The molecule has 1 aromatic rings. The highest BCUT2D eigenvalue weighted by atomic mass is 16.5. The minimum atomic E-state index is -0.860. The summed E-state index contributed by atoms with van der Waals surface area (Å²) in [6.07, 6.45) is -0.127. The van der Waals surface area contributed by atoms with Crippen molar-refractivity contribution in [1.29, 1.82) is 0 Å². The summed E-state index contributed by atoms with van der Waals surface area (Å²) >= 11 is 0. The van der Waals surface area contributed by atoms with E-state index < -0.39 is 12.1 Å². The first-order valence-corrected chi connectivity index (χ1v) is 5.68. The predicted octanol–water partition coefficient (Wildman–Crippen LogP) is 1.68. The summed E-state index contributed by atoms with van der Waals surface area (Å²) in [5, 5.41) is 11.4. The van der Waals surface area contributed by atoms with Crippen molar-refractivity contribution < 1.29 is 19.4 Å². The predicted molar refractivity (Wildman–Crippen MR) is 67.5 cm³/mol. The highest BCUT2D eigenvalue weighted by Gasteiger charge is 2.13. The zero-order chi connectivity index (χ0) is 13.5. The second-order valence-electron chi connectivity index (χ2n) is 3.92. The number of amides is 1. The summed E-state index contributed by atoms with van der Waals surface area (Å²) < 4.78 is 4.92. The van der Waals surface area contributed by atoms with E-state index in [1.54, 1.807) is 25.1 Å². The normalized spacial score (nSPS) is 11.9. The lowest BCUT2D eigenvalue weighted by atomic mass is 10.1. The molecule has 0 radical (unpaired) electrons. The zero-order valence-electron chi connectivity index (χ0n) is 10.5. The van der Waals surface area contributed by atoms with Gasteiger partial charge in [0, 0.05) is 19.2 Å². The summed E-state index contributed by atoms with van der Waals surface area (Å²) in [6.45, 7) is 1.65. The Morgan fingerprint density at radius 1 is 1.39 bits per heavy atom. The Bertz CT molecular complexity index is 431. The van der Waals surface area contributed by atoms with Crippen LogP contribution in [0.5, 0.6) is 0 Å². The van der Waals surface area contributed by atoms with Gasteiger partial charge < -0.3 is 15.2 Å². The Morgan fingerprint density at radius 2 is 2.06 bits per heavy atom. The lowest BCUT2D eigenvalue weighted by Crippen LogP contribution is -2.27.